The Balaban J connectivity index is 1.49. The molecule has 1 saturated carbocycles. The molecule has 138 valence electrons. The fourth-order valence-electron chi connectivity index (χ4n) is 3.52. The van der Waals surface area contributed by atoms with Crippen LogP contribution in [0.1, 0.15) is 31.7 Å². The highest BCUT2D eigenvalue weighted by molar-refractivity contribution is 7.89. The first kappa shape index (κ1) is 17.0. The zero-order chi connectivity index (χ0) is 18.3. The van der Waals surface area contributed by atoms with Crippen LogP contribution in [0.25, 0.3) is 11.1 Å². The van der Waals surface area contributed by atoms with Crippen LogP contribution < -0.4 is 10.5 Å². The average Bonchev–Trinajstić information content (AvgIpc) is 3.24. The first-order chi connectivity index (χ1) is 12.4. The Hall–Kier alpha value is -2.39. The third-order valence-electron chi connectivity index (χ3n) is 4.99. The highest BCUT2D eigenvalue weighted by Gasteiger charge is 2.27. The van der Waals surface area contributed by atoms with Gasteiger partial charge < -0.3 is 4.42 Å². The first-order valence-electron chi connectivity index (χ1n) is 8.55. The molecule has 3 aromatic rings. The molecule has 0 aliphatic heterocycles. The predicted molar refractivity (Wildman–Crippen MR) is 95.3 cm³/mol. The smallest absolute Gasteiger partial charge is 0.408 e. The van der Waals surface area contributed by atoms with Crippen LogP contribution in [-0.4, -0.2) is 28.8 Å². The van der Waals surface area contributed by atoms with Gasteiger partial charge in [-0.15, -0.1) is 0 Å². The van der Waals surface area contributed by atoms with Gasteiger partial charge in [-0.25, -0.2) is 17.9 Å². The summed E-state index contributed by atoms with van der Waals surface area (Å²) in [5.74, 6) is -0.514. The van der Waals surface area contributed by atoms with E-state index in [0.717, 1.165) is 25.7 Å². The van der Waals surface area contributed by atoms with E-state index in [9.17, 15) is 13.2 Å². The van der Waals surface area contributed by atoms with Crippen LogP contribution in [0.4, 0.5) is 0 Å². The van der Waals surface area contributed by atoms with Crippen molar-refractivity contribution < 1.29 is 12.8 Å². The van der Waals surface area contributed by atoms with Crippen molar-refractivity contribution in [1.82, 2.24) is 19.1 Å². The van der Waals surface area contributed by atoms with Gasteiger partial charge >= 0.3 is 5.76 Å². The van der Waals surface area contributed by atoms with E-state index in [1.54, 1.807) is 13.2 Å². The standard InChI is InChI=1S/C17H20N4O4S/c1-20-15-11-14(7-8-16(15)25-17(20)22)26(23,24)19-12-3-5-13(6-4-12)21-10-2-9-18-21/h2,7-13,19H,3-6H2,1H3. The maximum atomic E-state index is 12.7. The maximum Gasteiger partial charge on any atom is 0.419 e. The normalized spacial score (nSPS) is 21.3. The molecular formula is C17H20N4O4S. The van der Waals surface area contributed by atoms with Crippen molar-refractivity contribution in [3.05, 3.63) is 47.2 Å². The van der Waals surface area contributed by atoms with E-state index in [1.807, 2.05) is 16.9 Å². The van der Waals surface area contributed by atoms with Crippen LogP contribution in [-0.2, 0) is 17.1 Å². The molecule has 8 nitrogen and oxygen atoms in total. The number of hydrogen-bond acceptors (Lipinski definition) is 5. The fourth-order valence-corrected chi connectivity index (χ4v) is 4.84. The largest absolute Gasteiger partial charge is 0.419 e. The van der Waals surface area contributed by atoms with Gasteiger partial charge in [0.1, 0.15) is 0 Å². The van der Waals surface area contributed by atoms with E-state index in [-0.39, 0.29) is 10.9 Å². The van der Waals surface area contributed by atoms with Gasteiger partial charge in [-0.2, -0.15) is 5.10 Å². The summed E-state index contributed by atoms with van der Waals surface area (Å²) in [7, 11) is -2.11. The minimum atomic E-state index is -3.66. The number of nitrogens with zero attached hydrogens (tertiary/aromatic N) is 3. The van der Waals surface area contributed by atoms with E-state index < -0.39 is 15.8 Å². The molecule has 9 heteroatoms. The second kappa shape index (κ2) is 6.40. The van der Waals surface area contributed by atoms with Gasteiger partial charge in [0.2, 0.25) is 10.0 Å². The van der Waals surface area contributed by atoms with Gasteiger partial charge in [0.25, 0.3) is 0 Å². The number of hydrogen-bond donors (Lipinski definition) is 1. The summed E-state index contributed by atoms with van der Waals surface area (Å²) in [6.45, 7) is 0. The third kappa shape index (κ3) is 3.08. The summed E-state index contributed by atoms with van der Waals surface area (Å²) in [6.07, 6.45) is 6.98. The summed E-state index contributed by atoms with van der Waals surface area (Å²) in [4.78, 5) is 11.7. The van der Waals surface area contributed by atoms with Crippen molar-refractivity contribution in [2.75, 3.05) is 0 Å². The maximum absolute atomic E-state index is 12.7. The number of rotatable bonds is 4. The SMILES string of the molecule is Cn1c(=O)oc2ccc(S(=O)(=O)NC3CCC(n4cccn4)CC3)cc21. The molecule has 1 fully saturated rings. The first-order valence-corrected chi connectivity index (χ1v) is 10.0. The molecule has 1 aromatic carbocycles. The van der Waals surface area contributed by atoms with Gasteiger partial charge in [0.15, 0.2) is 5.58 Å². The second-order valence-corrected chi connectivity index (χ2v) is 8.38. The van der Waals surface area contributed by atoms with Crippen LogP contribution in [0.3, 0.4) is 0 Å². The molecule has 1 N–H and O–H groups in total. The Kier molecular flexibility index (Phi) is 4.20. The van der Waals surface area contributed by atoms with E-state index >= 15 is 0 Å². The molecule has 0 atom stereocenters. The van der Waals surface area contributed by atoms with Crippen molar-refractivity contribution in [2.45, 2.75) is 42.7 Å². The van der Waals surface area contributed by atoms with Gasteiger partial charge in [-0.1, -0.05) is 0 Å². The Morgan fingerprint density at radius 1 is 1.23 bits per heavy atom. The number of oxazole rings is 1. The third-order valence-corrected chi connectivity index (χ3v) is 6.51. The van der Waals surface area contributed by atoms with Crippen LogP contribution in [0, 0.1) is 0 Å². The van der Waals surface area contributed by atoms with Crippen molar-refractivity contribution in [1.29, 1.82) is 0 Å². The number of fused-ring (bicyclic) bond motifs is 1. The summed E-state index contributed by atoms with van der Waals surface area (Å²) < 4.78 is 36.5. The van der Waals surface area contributed by atoms with E-state index in [2.05, 4.69) is 9.82 Å². The monoisotopic (exact) mass is 376 g/mol. The summed E-state index contributed by atoms with van der Waals surface area (Å²) >= 11 is 0. The molecule has 2 heterocycles. The van der Waals surface area contributed by atoms with Gasteiger partial charge in [-0.05, 0) is 49.9 Å². The lowest BCUT2D eigenvalue weighted by Crippen LogP contribution is -2.38. The second-order valence-electron chi connectivity index (χ2n) is 6.67. The molecule has 2 aromatic heterocycles. The average molecular weight is 376 g/mol. The molecule has 0 unspecified atom stereocenters. The topological polar surface area (TPSA) is 99.1 Å². The summed E-state index contributed by atoms with van der Waals surface area (Å²) in [6, 6.07) is 6.56. The molecule has 0 bridgehead atoms. The van der Waals surface area contributed by atoms with Gasteiger partial charge in [-0.3, -0.25) is 9.25 Å². The van der Waals surface area contributed by atoms with Crippen LogP contribution in [0.5, 0.6) is 0 Å². The van der Waals surface area contributed by atoms with Crippen LogP contribution in [0.15, 0.2) is 50.8 Å². The lowest BCUT2D eigenvalue weighted by Gasteiger charge is -2.29. The minimum Gasteiger partial charge on any atom is -0.408 e. The number of benzene rings is 1. The molecule has 4 rings (SSSR count). The van der Waals surface area contributed by atoms with Crippen molar-refractivity contribution in [3.8, 4) is 0 Å². The Labute approximate surface area is 150 Å². The lowest BCUT2D eigenvalue weighted by atomic mass is 9.92. The Bertz CT molecular complexity index is 1070. The minimum absolute atomic E-state index is 0.101. The van der Waals surface area contributed by atoms with Gasteiger partial charge in [0, 0.05) is 25.5 Å². The number of sulfonamides is 1. The zero-order valence-electron chi connectivity index (χ0n) is 14.3. The highest BCUT2D eigenvalue weighted by atomic mass is 32.2. The Morgan fingerprint density at radius 3 is 2.69 bits per heavy atom. The van der Waals surface area contributed by atoms with Crippen molar-refractivity contribution >= 4 is 21.1 Å². The van der Waals surface area contributed by atoms with Gasteiger partial charge in [0.05, 0.1) is 16.5 Å². The molecule has 26 heavy (non-hydrogen) atoms. The zero-order valence-corrected chi connectivity index (χ0v) is 15.1. The lowest BCUT2D eigenvalue weighted by molar-refractivity contribution is 0.293. The number of nitrogens with one attached hydrogen (secondary N) is 1. The molecule has 1 aliphatic carbocycles. The Morgan fingerprint density at radius 2 is 2.00 bits per heavy atom. The summed E-state index contributed by atoms with van der Waals surface area (Å²) in [5.41, 5.74) is 0.830. The quantitative estimate of drug-likeness (QED) is 0.748. The van der Waals surface area contributed by atoms with E-state index in [1.165, 1.54) is 22.8 Å². The molecule has 0 amide bonds. The number of aryl methyl sites for hydroxylation is 1. The van der Waals surface area contributed by atoms with Crippen molar-refractivity contribution in [3.63, 3.8) is 0 Å². The highest BCUT2D eigenvalue weighted by Crippen LogP contribution is 2.29. The van der Waals surface area contributed by atoms with E-state index in [4.69, 9.17) is 4.42 Å². The van der Waals surface area contributed by atoms with Crippen LogP contribution in [0.2, 0.25) is 0 Å². The molecule has 1 aliphatic rings. The molecule has 0 radical (unpaired) electrons. The fraction of sp³-hybridized carbons (Fsp3) is 0.412. The molecule has 0 spiro atoms. The van der Waals surface area contributed by atoms with E-state index in [0.29, 0.717) is 17.1 Å². The predicted octanol–water partition coefficient (Wildman–Crippen LogP) is 1.79. The summed E-state index contributed by atoms with van der Waals surface area (Å²) in [5, 5.41) is 4.27. The van der Waals surface area contributed by atoms with Crippen molar-refractivity contribution in [2.24, 2.45) is 7.05 Å². The number of aromatic nitrogens is 3. The van der Waals surface area contributed by atoms with Crippen LogP contribution >= 0.6 is 0 Å². The molecule has 0 saturated heterocycles. The molecular weight excluding hydrogens is 356 g/mol.